The number of aromatic nitrogens is 1. The quantitative estimate of drug-likeness (QED) is 0.512. The molecule has 2 saturated heterocycles. The zero-order chi connectivity index (χ0) is 23.7. The summed E-state index contributed by atoms with van der Waals surface area (Å²) >= 11 is 13.3. The molecule has 0 bridgehead atoms. The second-order valence-electron chi connectivity index (χ2n) is 7.80. The summed E-state index contributed by atoms with van der Waals surface area (Å²) in [6.07, 6.45) is 3.74. The number of thioether (sulfide) groups is 1. The summed E-state index contributed by atoms with van der Waals surface area (Å²) in [6, 6.07) is 12.9. The van der Waals surface area contributed by atoms with Crippen LogP contribution in [0.1, 0.15) is 5.56 Å². The topological polar surface area (TPSA) is 75.9 Å². The Kier molecular flexibility index (Phi) is 6.65. The molecule has 3 aromatic rings. The first kappa shape index (κ1) is 23.0. The molecule has 2 fully saturated rings. The number of aliphatic imine (C=N–C) groups is 1. The lowest BCUT2D eigenvalue weighted by Crippen LogP contribution is -2.42. The predicted octanol–water partition coefficient (Wildman–Crippen LogP) is 4.70. The number of amides is 2. The van der Waals surface area contributed by atoms with Gasteiger partial charge in [-0.3, -0.25) is 9.59 Å². The molecule has 0 saturated carbocycles. The maximum Gasteiger partial charge on any atom is 0.264 e. The number of rotatable bonds is 4. The fourth-order valence-corrected chi connectivity index (χ4v) is 5.00. The van der Waals surface area contributed by atoms with Crippen LogP contribution in [-0.4, -0.2) is 52.8 Å². The monoisotopic (exact) mass is 514 g/mol. The highest BCUT2D eigenvalue weighted by Gasteiger charge is 2.25. The predicted molar refractivity (Wildman–Crippen MR) is 137 cm³/mol. The van der Waals surface area contributed by atoms with E-state index in [0.29, 0.717) is 52.1 Å². The zero-order valence-electron chi connectivity index (χ0n) is 18.0. The van der Waals surface area contributed by atoms with E-state index in [2.05, 4.69) is 10.3 Å². The summed E-state index contributed by atoms with van der Waals surface area (Å²) < 4.78 is 7.28. The van der Waals surface area contributed by atoms with Gasteiger partial charge < -0.3 is 19.5 Å². The van der Waals surface area contributed by atoms with E-state index < -0.39 is 0 Å². The van der Waals surface area contributed by atoms with Gasteiger partial charge >= 0.3 is 0 Å². The van der Waals surface area contributed by atoms with Crippen LogP contribution in [0.25, 0.3) is 17.0 Å². The number of carbonyl (C=O) groups excluding carboxylic acids is 2. The minimum Gasteiger partial charge on any atom is -0.378 e. The van der Waals surface area contributed by atoms with E-state index in [9.17, 15) is 9.59 Å². The molecule has 5 rings (SSSR count). The summed E-state index contributed by atoms with van der Waals surface area (Å²) in [5.74, 6) is -0.183. The van der Waals surface area contributed by atoms with Crippen molar-refractivity contribution >= 4 is 74.6 Å². The number of halogens is 2. The number of hydrogen-bond donors (Lipinski definition) is 1. The highest BCUT2D eigenvalue weighted by atomic mass is 35.5. The number of amidine groups is 1. The van der Waals surface area contributed by atoms with Crippen LogP contribution in [0, 0.1) is 0 Å². The van der Waals surface area contributed by atoms with E-state index in [4.69, 9.17) is 27.9 Å². The summed E-state index contributed by atoms with van der Waals surface area (Å²) in [6.45, 7) is 2.56. The smallest absolute Gasteiger partial charge is 0.264 e. The molecule has 2 aliphatic heterocycles. The lowest BCUT2D eigenvalue weighted by Gasteiger charge is -2.27. The Labute approximate surface area is 210 Å². The van der Waals surface area contributed by atoms with Crippen LogP contribution in [0.3, 0.4) is 0 Å². The molecule has 34 heavy (non-hydrogen) atoms. The number of morpholine rings is 1. The van der Waals surface area contributed by atoms with Crippen LogP contribution in [0.5, 0.6) is 0 Å². The normalized spacial score (nSPS) is 18.8. The first-order valence-corrected chi connectivity index (χ1v) is 12.2. The Morgan fingerprint density at radius 3 is 2.74 bits per heavy atom. The van der Waals surface area contributed by atoms with Crippen LogP contribution < -0.4 is 5.32 Å². The van der Waals surface area contributed by atoms with Crippen LogP contribution in [0.2, 0.25) is 10.0 Å². The molecule has 0 atom stereocenters. The fourth-order valence-electron chi connectivity index (χ4n) is 3.87. The van der Waals surface area contributed by atoms with Crippen molar-refractivity contribution in [3.8, 4) is 0 Å². The molecule has 10 heteroatoms. The third kappa shape index (κ3) is 4.86. The van der Waals surface area contributed by atoms with Crippen LogP contribution in [0.15, 0.2) is 58.6 Å². The minimum atomic E-state index is -0.231. The van der Waals surface area contributed by atoms with Crippen molar-refractivity contribution in [2.24, 2.45) is 4.99 Å². The molecule has 1 aromatic heterocycles. The molecular weight excluding hydrogens is 495 g/mol. The molecule has 0 radical (unpaired) electrons. The second kappa shape index (κ2) is 9.84. The van der Waals surface area contributed by atoms with Gasteiger partial charge in [-0.2, -0.15) is 0 Å². The van der Waals surface area contributed by atoms with Gasteiger partial charge in [0.2, 0.25) is 5.91 Å². The van der Waals surface area contributed by atoms with E-state index >= 15 is 0 Å². The number of nitrogens with zero attached hydrogens (tertiary/aromatic N) is 3. The van der Waals surface area contributed by atoms with Crippen molar-refractivity contribution < 1.29 is 14.3 Å². The van der Waals surface area contributed by atoms with Crippen molar-refractivity contribution in [1.82, 2.24) is 14.8 Å². The lowest BCUT2D eigenvalue weighted by molar-refractivity contribution is -0.135. The van der Waals surface area contributed by atoms with E-state index in [1.54, 1.807) is 18.2 Å². The average molecular weight is 515 g/mol. The number of ether oxygens (including phenoxy) is 1. The van der Waals surface area contributed by atoms with E-state index in [1.807, 2.05) is 46.0 Å². The molecule has 3 heterocycles. The molecular formula is C24H20Cl2N4O3S. The first-order chi connectivity index (χ1) is 16.5. The van der Waals surface area contributed by atoms with Crippen LogP contribution in [0.4, 0.5) is 5.69 Å². The summed E-state index contributed by atoms with van der Waals surface area (Å²) in [5.41, 5.74) is 2.39. The van der Waals surface area contributed by atoms with Gasteiger partial charge in [-0.15, -0.1) is 0 Å². The van der Waals surface area contributed by atoms with Crippen molar-refractivity contribution in [3.05, 3.63) is 69.2 Å². The van der Waals surface area contributed by atoms with E-state index in [0.717, 1.165) is 16.5 Å². The largest absolute Gasteiger partial charge is 0.378 e. The molecule has 0 aliphatic carbocycles. The first-order valence-electron chi connectivity index (χ1n) is 10.7. The second-order valence-corrected chi connectivity index (χ2v) is 9.65. The summed E-state index contributed by atoms with van der Waals surface area (Å²) in [5, 5.41) is 5.05. The van der Waals surface area contributed by atoms with Crippen molar-refractivity contribution in [1.29, 1.82) is 0 Å². The standard InChI is InChI=1S/C24H20Cl2N4O3S/c25-18-6-5-16(12-19(18)26)27-24-28-23(32)21(34-24)11-15-13-30(20-4-2-1-3-17(15)20)14-22(31)29-7-9-33-10-8-29/h1-6,11-13H,7-10,14H2,(H,27,28,32)/b21-11-. The molecule has 2 aliphatic rings. The van der Waals surface area contributed by atoms with Gasteiger partial charge in [0, 0.05) is 35.8 Å². The Morgan fingerprint density at radius 2 is 1.94 bits per heavy atom. The molecule has 0 spiro atoms. The molecule has 2 amide bonds. The SMILES string of the molecule is O=C1NC(=Nc2ccc(Cl)c(Cl)c2)S/C1=C\c1cn(CC(=O)N2CCOCC2)c2ccccc12. The number of nitrogens with one attached hydrogen (secondary N) is 1. The fraction of sp³-hybridized carbons (Fsp3) is 0.208. The molecule has 1 N–H and O–H groups in total. The maximum atomic E-state index is 12.8. The number of hydrogen-bond acceptors (Lipinski definition) is 5. The van der Waals surface area contributed by atoms with E-state index in [-0.39, 0.29) is 18.4 Å². The maximum absolute atomic E-state index is 12.8. The van der Waals surface area contributed by atoms with Gasteiger partial charge in [-0.1, -0.05) is 41.4 Å². The average Bonchev–Trinajstić information content (AvgIpc) is 3.36. The Morgan fingerprint density at radius 1 is 1.15 bits per heavy atom. The number of benzene rings is 2. The van der Waals surface area contributed by atoms with Gasteiger partial charge in [-0.05, 0) is 42.1 Å². The lowest BCUT2D eigenvalue weighted by atomic mass is 10.1. The van der Waals surface area contributed by atoms with Crippen LogP contribution in [-0.2, 0) is 20.9 Å². The highest BCUT2D eigenvalue weighted by Crippen LogP contribution is 2.32. The van der Waals surface area contributed by atoms with Gasteiger partial charge in [0.15, 0.2) is 5.17 Å². The molecule has 174 valence electrons. The Bertz CT molecular complexity index is 1350. The summed E-state index contributed by atoms with van der Waals surface area (Å²) in [4.78, 5) is 32.2. The third-order valence-electron chi connectivity index (χ3n) is 5.56. The van der Waals surface area contributed by atoms with Crippen molar-refractivity contribution in [3.63, 3.8) is 0 Å². The number of para-hydroxylation sites is 1. The van der Waals surface area contributed by atoms with E-state index in [1.165, 1.54) is 11.8 Å². The zero-order valence-corrected chi connectivity index (χ0v) is 20.3. The molecule has 2 aromatic carbocycles. The molecule has 0 unspecified atom stereocenters. The number of carbonyl (C=O) groups is 2. The van der Waals surface area contributed by atoms with Crippen LogP contribution >= 0.6 is 35.0 Å². The third-order valence-corrected chi connectivity index (χ3v) is 7.21. The highest BCUT2D eigenvalue weighted by molar-refractivity contribution is 8.18. The Hall–Kier alpha value is -2.78. The molecule has 7 nitrogen and oxygen atoms in total. The van der Waals surface area contributed by atoms with Gasteiger partial charge in [-0.25, -0.2) is 4.99 Å². The van der Waals surface area contributed by atoms with Crippen molar-refractivity contribution in [2.45, 2.75) is 6.54 Å². The minimum absolute atomic E-state index is 0.0484. The summed E-state index contributed by atoms with van der Waals surface area (Å²) in [7, 11) is 0. The Balaban J connectivity index is 1.41. The number of fused-ring (bicyclic) bond motifs is 1. The van der Waals surface area contributed by atoms with Gasteiger partial charge in [0.05, 0.1) is 33.9 Å². The van der Waals surface area contributed by atoms with Crippen molar-refractivity contribution in [2.75, 3.05) is 26.3 Å². The van der Waals surface area contributed by atoms with Gasteiger partial charge in [0.25, 0.3) is 5.91 Å². The van der Waals surface area contributed by atoms with Gasteiger partial charge in [0.1, 0.15) is 6.54 Å².